The molecule has 5 heteroatoms. The molecule has 0 aliphatic carbocycles. The van der Waals surface area contributed by atoms with E-state index < -0.39 is 0 Å². The molecule has 0 atom stereocenters. The van der Waals surface area contributed by atoms with Gasteiger partial charge in [0.2, 0.25) is 0 Å². The molecule has 1 heterocycles. The van der Waals surface area contributed by atoms with Gasteiger partial charge in [-0.2, -0.15) is 0 Å². The van der Waals surface area contributed by atoms with Gasteiger partial charge in [0.15, 0.2) is 5.96 Å². The Morgan fingerprint density at radius 3 is 2.30 bits per heavy atom. The van der Waals surface area contributed by atoms with E-state index in [0.717, 1.165) is 13.1 Å². The molecular weight excluding hydrogens is 363 g/mol. The molecule has 112 valence electrons. The average Bonchev–Trinajstić information content (AvgIpc) is 2.46. The molecule has 4 nitrogen and oxygen atoms in total. The largest absolute Gasteiger partial charge is 0.378 e. The molecule has 2 N–H and O–H groups in total. The fraction of sp³-hybridized carbons (Fsp3) is 0.533. The van der Waals surface area contributed by atoms with Crippen molar-refractivity contribution in [1.29, 1.82) is 0 Å². The minimum atomic E-state index is 0. The molecule has 0 radical (unpaired) electrons. The van der Waals surface area contributed by atoms with Crippen molar-refractivity contribution in [2.24, 2.45) is 10.7 Å². The van der Waals surface area contributed by atoms with Crippen LogP contribution in [0.1, 0.15) is 24.8 Å². The highest BCUT2D eigenvalue weighted by Gasteiger charge is 2.11. The first-order valence-corrected chi connectivity index (χ1v) is 6.98. The number of anilines is 1. The van der Waals surface area contributed by atoms with Gasteiger partial charge in [0.05, 0.1) is 6.54 Å². The molecule has 1 aliphatic heterocycles. The highest BCUT2D eigenvalue weighted by atomic mass is 127. The molecular formula is C15H25IN4. The summed E-state index contributed by atoms with van der Waals surface area (Å²) in [7, 11) is 4.09. The van der Waals surface area contributed by atoms with E-state index in [4.69, 9.17) is 5.73 Å². The zero-order valence-corrected chi connectivity index (χ0v) is 14.7. The van der Waals surface area contributed by atoms with Crippen LogP contribution in [0.15, 0.2) is 29.3 Å². The van der Waals surface area contributed by atoms with Gasteiger partial charge in [0.1, 0.15) is 0 Å². The first-order chi connectivity index (χ1) is 9.16. The van der Waals surface area contributed by atoms with Crippen molar-refractivity contribution >= 4 is 35.6 Å². The smallest absolute Gasteiger partial charge is 0.191 e. The first-order valence-electron chi connectivity index (χ1n) is 6.98. The maximum atomic E-state index is 6.04. The molecule has 0 amide bonds. The number of hydrogen-bond acceptors (Lipinski definition) is 2. The van der Waals surface area contributed by atoms with Crippen LogP contribution in [-0.4, -0.2) is 38.0 Å². The van der Waals surface area contributed by atoms with Crippen LogP contribution in [0.2, 0.25) is 0 Å². The number of halogens is 1. The van der Waals surface area contributed by atoms with Crippen molar-refractivity contribution in [1.82, 2.24) is 4.90 Å². The third-order valence-corrected chi connectivity index (χ3v) is 3.56. The van der Waals surface area contributed by atoms with E-state index in [2.05, 4.69) is 39.1 Å². The Balaban J connectivity index is 0.00000200. The van der Waals surface area contributed by atoms with Gasteiger partial charge in [-0.25, -0.2) is 4.99 Å². The van der Waals surface area contributed by atoms with E-state index in [0.29, 0.717) is 12.5 Å². The summed E-state index contributed by atoms with van der Waals surface area (Å²) in [5, 5.41) is 0. The summed E-state index contributed by atoms with van der Waals surface area (Å²) in [5.74, 6) is 0.691. The van der Waals surface area contributed by atoms with E-state index in [-0.39, 0.29) is 24.0 Å². The number of guanidine groups is 1. The Hall–Kier alpha value is -0.980. The number of rotatable bonds is 3. The van der Waals surface area contributed by atoms with E-state index in [9.17, 15) is 0 Å². The number of piperidine rings is 1. The Morgan fingerprint density at radius 2 is 1.75 bits per heavy atom. The zero-order chi connectivity index (χ0) is 13.7. The third-order valence-electron chi connectivity index (χ3n) is 3.56. The summed E-state index contributed by atoms with van der Waals surface area (Å²) in [6.45, 7) is 2.76. The second-order valence-electron chi connectivity index (χ2n) is 5.28. The number of hydrogen-bond donors (Lipinski definition) is 1. The minimum Gasteiger partial charge on any atom is -0.378 e. The zero-order valence-electron chi connectivity index (χ0n) is 12.4. The number of aliphatic imine (C=N–C) groups is 1. The lowest BCUT2D eigenvalue weighted by molar-refractivity contribution is 0.338. The van der Waals surface area contributed by atoms with Gasteiger partial charge in [-0.3, -0.25) is 0 Å². The van der Waals surface area contributed by atoms with Crippen molar-refractivity contribution in [3.63, 3.8) is 0 Å². The first kappa shape index (κ1) is 17.1. The van der Waals surface area contributed by atoms with E-state index in [1.165, 1.54) is 30.5 Å². The molecule has 1 fully saturated rings. The SMILES string of the molecule is CN(C)c1ccc(CN=C(N)N2CCCCC2)cc1.I. The fourth-order valence-electron chi connectivity index (χ4n) is 2.29. The predicted molar refractivity (Wildman–Crippen MR) is 96.9 cm³/mol. The summed E-state index contributed by atoms with van der Waals surface area (Å²) in [6, 6.07) is 8.45. The molecule has 0 bridgehead atoms. The van der Waals surface area contributed by atoms with Crippen LogP contribution < -0.4 is 10.6 Å². The predicted octanol–water partition coefficient (Wildman–Crippen LogP) is 2.67. The maximum Gasteiger partial charge on any atom is 0.191 e. The fourth-order valence-corrected chi connectivity index (χ4v) is 2.29. The van der Waals surface area contributed by atoms with Crippen LogP contribution in [0, 0.1) is 0 Å². The van der Waals surface area contributed by atoms with Crippen LogP contribution in [0.25, 0.3) is 0 Å². The molecule has 0 aromatic heterocycles. The van der Waals surface area contributed by atoms with Crippen LogP contribution in [-0.2, 0) is 6.54 Å². The molecule has 20 heavy (non-hydrogen) atoms. The lowest BCUT2D eigenvalue weighted by Crippen LogP contribution is -2.40. The van der Waals surface area contributed by atoms with E-state index >= 15 is 0 Å². The Kier molecular flexibility index (Phi) is 7.12. The molecule has 1 aromatic rings. The number of nitrogens with two attached hydrogens (primary N) is 1. The molecule has 0 saturated carbocycles. The lowest BCUT2D eigenvalue weighted by atomic mass is 10.1. The molecule has 1 saturated heterocycles. The molecule has 2 rings (SSSR count). The Bertz CT molecular complexity index is 422. The quantitative estimate of drug-likeness (QED) is 0.492. The number of likely N-dealkylation sites (tertiary alicyclic amines) is 1. The van der Waals surface area contributed by atoms with Gasteiger partial charge in [-0.05, 0) is 37.0 Å². The summed E-state index contributed by atoms with van der Waals surface area (Å²) in [6.07, 6.45) is 3.78. The molecule has 1 aromatic carbocycles. The lowest BCUT2D eigenvalue weighted by Gasteiger charge is -2.27. The Labute approximate surface area is 139 Å². The topological polar surface area (TPSA) is 44.9 Å². The summed E-state index contributed by atoms with van der Waals surface area (Å²) < 4.78 is 0. The van der Waals surface area contributed by atoms with Gasteiger partial charge in [-0.1, -0.05) is 12.1 Å². The van der Waals surface area contributed by atoms with E-state index in [1.807, 2.05) is 14.1 Å². The minimum absolute atomic E-state index is 0. The van der Waals surface area contributed by atoms with Gasteiger partial charge < -0.3 is 15.5 Å². The van der Waals surface area contributed by atoms with Gasteiger partial charge in [0.25, 0.3) is 0 Å². The standard InChI is InChI=1S/C15H24N4.HI/c1-18(2)14-8-6-13(7-9-14)12-17-15(16)19-10-4-3-5-11-19;/h6-9H,3-5,10-12H2,1-2H3,(H2,16,17);1H. The second kappa shape index (κ2) is 8.34. The monoisotopic (exact) mass is 388 g/mol. The van der Waals surface area contributed by atoms with Crippen molar-refractivity contribution < 1.29 is 0 Å². The second-order valence-corrected chi connectivity index (χ2v) is 5.28. The van der Waals surface area contributed by atoms with E-state index in [1.54, 1.807) is 0 Å². The van der Waals surface area contributed by atoms with Crippen molar-refractivity contribution in [2.45, 2.75) is 25.8 Å². The van der Waals surface area contributed by atoms with Gasteiger partial charge >= 0.3 is 0 Å². The normalized spacial score (nSPS) is 15.7. The van der Waals surface area contributed by atoms with Crippen molar-refractivity contribution in [3.05, 3.63) is 29.8 Å². The average molecular weight is 388 g/mol. The van der Waals surface area contributed by atoms with Gasteiger partial charge in [-0.15, -0.1) is 24.0 Å². The molecule has 0 unspecified atom stereocenters. The third kappa shape index (κ3) is 4.85. The summed E-state index contributed by atoms with van der Waals surface area (Å²) in [4.78, 5) is 8.78. The highest BCUT2D eigenvalue weighted by Crippen LogP contribution is 2.13. The Morgan fingerprint density at radius 1 is 1.15 bits per heavy atom. The van der Waals surface area contributed by atoms with Crippen LogP contribution >= 0.6 is 24.0 Å². The highest BCUT2D eigenvalue weighted by molar-refractivity contribution is 14.0. The van der Waals surface area contributed by atoms with Crippen LogP contribution in [0.4, 0.5) is 5.69 Å². The number of nitrogens with zero attached hydrogens (tertiary/aromatic N) is 3. The van der Waals surface area contributed by atoms with Crippen LogP contribution in [0.3, 0.4) is 0 Å². The van der Waals surface area contributed by atoms with Crippen LogP contribution in [0.5, 0.6) is 0 Å². The van der Waals surface area contributed by atoms with Crippen molar-refractivity contribution in [2.75, 3.05) is 32.1 Å². The summed E-state index contributed by atoms with van der Waals surface area (Å²) >= 11 is 0. The number of benzene rings is 1. The molecule has 1 aliphatic rings. The maximum absolute atomic E-state index is 6.04. The summed E-state index contributed by atoms with van der Waals surface area (Å²) in [5.41, 5.74) is 8.45. The van der Waals surface area contributed by atoms with Crippen molar-refractivity contribution in [3.8, 4) is 0 Å². The molecule has 0 spiro atoms. The van der Waals surface area contributed by atoms with Gasteiger partial charge in [0, 0.05) is 32.9 Å².